The zero-order valence-electron chi connectivity index (χ0n) is 22.8. The summed E-state index contributed by atoms with van der Waals surface area (Å²) in [5.74, 6) is 1.57. The van der Waals surface area contributed by atoms with Gasteiger partial charge in [0.25, 0.3) is 5.56 Å². The van der Waals surface area contributed by atoms with Crippen LogP contribution < -0.4 is 26.2 Å². The minimum absolute atomic E-state index is 0.116. The van der Waals surface area contributed by atoms with E-state index in [2.05, 4.69) is 37.0 Å². The molecule has 214 valence electrons. The first-order valence-electron chi connectivity index (χ1n) is 13.9. The van der Waals surface area contributed by atoms with Gasteiger partial charge in [0.05, 0.1) is 11.6 Å². The van der Waals surface area contributed by atoms with Crippen molar-refractivity contribution in [1.82, 2.24) is 24.8 Å². The molecule has 0 aliphatic carbocycles. The Kier molecular flexibility index (Phi) is 7.66. The summed E-state index contributed by atoms with van der Waals surface area (Å²) in [6.45, 7) is 6.64. The number of hydrogen-bond acceptors (Lipinski definition) is 10. The number of rotatable bonds is 8. The number of halogens is 1. The number of aromatic amines is 1. The van der Waals surface area contributed by atoms with Gasteiger partial charge in [-0.05, 0) is 49.6 Å². The third kappa shape index (κ3) is 6.08. The number of nitrogens with one attached hydrogen (secondary N) is 2. The van der Waals surface area contributed by atoms with Gasteiger partial charge in [-0.15, -0.1) is 0 Å². The molecule has 6 rings (SSSR count). The summed E-state index contributed by atoms with van der Waals surface area (Å²) in [6, 6.07) is 13.9. The van der Waals surface area contributed by atoms with Crippen molar-refractivity contribution in [1.29, 1.82) is 0 Å². The van der Waals surface area contributed by atoms with Crippen molar-refractivity contribution in [3.05, 3.63) is 70.3 Å². The molecule has 41 heavy (non-hydrogen) atoms. The highest BCUT2D eigenvalue weighted by molar-refractivity contribution is 5.82. The van der Waals surface area contributed by atoms with Gasteiger partial charge in [-0.3, -0.25) is 9.69 Å². The Bertz CT molecular complexity index is 1570. The predicted octanol–water partition coefficient (Wildman–Crippen LogP) is 3.70. The topological polar surface area (TPSA) is 135 Å². The Balaban J connectivity index is 1.23. The van der Waals surface area contributed by atoms with Crippen LogP contribution in [-0.2, 0) is 4.74 Å². The van der Waals surface area contributed by atoms with Crippen molar-refractivity contribution >= 4 is 28.6 Å². The molecule has 2 aromatic carbocycles. The van der Waals surface area contributed by atoms with Crippen molar-refractivity contribution < 1.29 is 13.9 Å². The smallest absolute Gasteiger partial charge is 0.290 e. The lowest BCUT2D eigenvalue weighted by Gasteiger charge is -2.38. The van der Waals surface area contributed by atoms with Crippen LogP contribution in [0.2, 0.25) is 0 Å². The molecule has 2 fully saturated rings. The van der Waals surface area contributed by atoms with Crippen LogP contribution in [0.3, 0.4) is 0 Å². The van der Waals surface area contributed by atoms with Crippen LogP contribution in [0, 0.1) is 5.82 Å². The third-order valence-corrected chi connectivity index (χ3v) is 7.67. The van der Waals surface area contributed by atoms with Crippen molar-refractivity contribution in [2.45, 2.75) is 31.9 Å². The molecule has 0 amide bonds. The molecule has 0 radical (unpaired) electrons. The van der Waals surface area contributed by atoms with E-state index in [4.69, 9.17) is 20.2 Å². The number of fused-ring (bicyclic) bond motifs is 1. The van der Waals surface area contributed by atoms with Crippen molar-refractivity contribution in [3.8, 4) is 11.6 Å². The molecule has 2 aliphatic rings. The molecule has 2 aliphatic heterocycles. The van der Waals surface area contributed by atoms with Gasteiger partial charge in [-0.2, -0.15) is 9.97 Å². The van der Waals surface area contributed by atoms with E-state index in [0.29, 0.717) is 35.2 Å². The van der Waals surface area contributed by atoms with Gasteiger partial charge in [0.1, 0.15) is 17.2 Å². The number of benzene rings is 2. The third-order valence-electron chi connectivity index (χ3n) is 7.67. The second-order valence-electron chi connectivity index (χ2n) is 10.4. The number of ether oxygens (including phenoxy) is 2. The molecule has 0 bridgehead atoms. The van der Waals surface area contributed by atoms with Crippen LogP contribution in [0.5, 0.6) is 11.6 Å². The van der Waals surface area contributed by atoms with E-state index in [-0.39, 0.29) is 23.8 Å². The molecule has 0 spiro atoms. The van der Waals surface area contributed by atoms with Gasteiger partial charge in [0.15, 0.2) is 11.6 Å². The summed E-state index contributed by atoms with van der Waals surface area (Å²) in [4.78, 5) is 32.9. The van der Waals surface area contributed by atoms with E-state index in [9.17, 15) is 9.18 Å². The Morgan fingerprint density at radius 3 is 2.71 bits per heavy atom. The van der Waals surface area contributed by atoms with Crippen molar-refractivity contribution in [2.24, 2.45) is 0 Å². The second kappa shape index (κ2) is 11.7. The Hall–Kier alpha value is -4.29. The van der Waals surface area contributed by atoms with E-state index in [1.165, 1.54) is 12.1 Å². The summed E-state index contributed by atoms with van der Waals surface area (Å²) < 4.78 is 25.4. The molecule has 2 atom stereocenters. The highest BCUT2D eigenvalue weighted by Gasteiger charge is 2.24. The maximum atomic E-state index is 13.4. The average molecular weight is 561 g/mol. The fourth-order valence-electron chi connectivity index (χ4n) is 5.30. The normalized spacial score (nSPS) is 18.5. The van der Waals surface area contributed by atoms with Gasteiger partial charge in [0, 0.05) is 51.4 Å². The first-order chi connectivity index (χ1) is 19.9. The van der Waals surface area contributed by atoms with Gasteiger partial charge in [-0.1, -0.05) is 18.2 Å². The van der Waals surface area contributed by atoms with E-state index in [1.807, 2.05) is 18.2 Å². The van der Waals surface area contributed by atoms with Gasteiger partial charge in [0.2, 0.25) is 11.8 Å². The molecule has 1 unspecified atom stereocenters. The number of piperazine rings is 1. The highest BCUT2D eigenvalue weighted by Crippen LogP contribution is 2.30. The van der Waals surface area contributed by atoms with Crippen molar-refractivity contribution in [3.63, 3.8) is 0 Å². The van der Waals surface area contributed by atoms with Gasteiger partial charge >= 0.3 is 0 Å². The van der Waals surface area contributed by atoms with Crippen LogP contribution in [0.4, 0.5) is 22.0 Å². The molecular weight excluding hydrogens is 527 g/mol. The Labute approximate surface area is 236 Å². The summed E-state index contributed by atoms with van der Waals surface area (Å²) in [5, 5.41) is 3.32. The SMILES string of the molecule is C[C@H](c1ccc(F)cc1)N1CCN(c2cc(Oc3cccc4[nH]c(=O)c(N)nc34)nc(NCC3CCCO3)n2)CC1. The van der Waals surface area contributed by atoms with E-state index >= 15 is 0 Å². The lowest BCUT2D eigenvalue weighted by molar-refractivity contribution is 0.120. The molecule has 2 saturated heterocycles. The number of nitrogen functional groups attached to an aromatic ring is 1. The molecule has 12 heteroatoms. The summed E-state index contributed by atoms with van der Waals surface area (Å²) in [6.07, 6.45) is 2.15. The summed E-state index contributed by atoms with van der Waals surface area (Å²) in [5.41, 5.74) is 7.37. The predicted molar refractivity (Wildman–Crippen MR) is 155 cm³/mol. The van der Waals surface area contributed by atoms with Crippen LogP contribution in [-0.4, -0.2) is 70.3 Å². The van der Waals surface area contributed by atoms with E-state index in [0.717, 1.165) is 57.0 Å². The number of hydrogen-bond donors (Lipinski definition) is 3. The largest absolute Gasteiger partial charge is 0.436 e. The highest BCUT2D eigenvalue weighted by atomic mass is 19.1. The van der Waals surface area contributed by atoms with Gasteiger partial charge in [-0.25, -0.2) is 9.37 Å². The quantitative estimate of drug-likeness (QED) is 0.293. The molecule has 4 N–H and O–H groups in total. The molecular formula is C29H33FN8O3. The second-order valence-corrected chi connectivity index (χ2v) is 10.4. The van der Waals surface area contributed by atoms with Crippen molar-refractivity contribution in [2.75, 3.05) is 55.3 Å². The molecule has 0 saturated carbocycles. The standard InChI is InChI=1S/C29H33FN8O3/c1-18(19-7-9-20(30)10-8-19)37-11-13-38(14-12-37)24-16-25(35-29(34-24)32-17-21-4-3-15-40-21)41-23-6-2-5-22-26(23)36-27(31)28(39)33-22/h2,5-10,16,18,21H,3-4,11-15,17H2,1H3,(H2,31,36)(H,33,39)(H,32,34,35)/t18-,21?/m1/s1. The fourth-order valence-corrected chi connectivity index (χ4v) is 5.30. The number of nitrogens with zero attached hydrogens (tertiary/aromatic N) is 5. The van der Waals surface area contributed by atoms with E-state index < -0.39 is 5.56 Å². The lowest BCUT2D eigenvalue weighted by atomic mass is 10.1. The first-order valence-corrected chi connectivity index (χ1v) is 13.9. The van der Waals surface area contributed by atoms with Crippen LogP contribution >= 0.6 is 0 Å². The number of nitrogens with two attached hydrogens (primary N) is 1. The van der Waals surface area contributed by atoms with Crippen LogP contribution in [0.15, 0.2) is 53.3 Å². The number of anilines is 3. The molecule has 11 nitrogen and oxygen atoms in total. The first kappa shape index (κ1) is 26.9. The molecule has 4 heterocycles. The maximum Gasteiger partial charge on any atom is 0.290 e. The van der Waals surface area contributed by atoms with E-state index in [1.54, 1.807) is 18.2 Å². The Morgan fingerprint density at radius 1 is 1.15 bits per heavy atom. The summed E-state index contributed by atoms with van der Waals surface area (Å²) >= 11 is 0. The van der Waals surface area contributed by atoms with Crippen LogP contribution in [0.25, 0.3) is 11.0 Å². The summed E-state index contributed by atoms with van der Waals surface area (Å²) in [7, 11) is 0. The Morgan fingerprint density at radius 2 is 1.95 bits per heavy atom. The zero-order valence-corrected chi connectivity index (χ0v) is 22.8. The van der Waals surface area contributed by atoms with Gasteiger partial charge < -0.3 is 30.4 Å². The van der Waals surface area contributed by atoms with Crippen LogP contribution in [0.1, 0.15) is 31.4 Å². The lowest BCUT2D eigenvalue weighted by Crippen LogP contribution is -2.47. The number of aromatic nitrogens is 4. The minimum Gasteiger partial charge on any atom is -0.436 e. The average Bonchev–Trinajstić information content (AvgIpc) is 3.51. The monoisotopic (exact) mass is 560 g/mol. The molecule has 4 aromatic rings. The minimum atomic E-state index is -0.451. The number of para-hydroxylation sites is 1. The zero-order chi connectivity index (χ0) is 28.3. The molecule has 2 aromatic heterocycles. The maximum absolute atomic E-state index is 13.4. The fraction of sp³-hybridized carbons (Fsp3) is 0.379. The number of H-pyrrole nitrogens is 1.